The lowest BCUT2D eigenvalue weighted by molar-refractivity contribution is 0.625. The van der Waals surface area contributed by atoms with Crippen molar-refractivity contribution in [3.63, 3.8) is 0 Å². The minimum Gasteiger partial charge on any atom is -0.364 e. The fourth-order valence-corrected chi connectivity index (χ4v) is 2.74. The molecule has 0 unspecified atom stereocenters. The van der Waals surface area contributed by atoms with E-state index in [9.17, 15) is 0 Å². The van der Waals surface area contributed by atoms with Crippen LogP contribution in [0, 0.1) is 0 Å². The Kier molecular flexibility index (Phi) is 2.60. The number of nitrogens with zero attached hydrogens (tertiary/aromatic N) is 1. The Morgan fingerprint density at radius 3 is 2.47 bits per heavy atom. The van der Waals surface area contributed by atoms with Gasteiger partial charge in [0, 0.05) is 12.2 Å². The molecule has 0 saturated carbocycles. The maximum absolute atomic E-state index is 2.49. The zero-order chi connectivity index (χ0) is 11.7. The zero-order valence-electron chi connectivity index (χ0n) is 10.1. The second-order valence-electron chi connectivity index (χ2n) is 4.65. The quantitative estimate of drug-likeness (QED) is 0.710. The maximum atomic E-state index is 2.49. The summed E-state index contributed by atoms with van der Waals surface area (Å²) < 4.78 is 0. The first-order valence-corrected chi connectivity index (χ1v) is 6.26. The molecule has 0 amide bonds. The van der Waals surface area contributed by atoms with Crippen molar-refractivity contribution in [3.8, 4) is 0 Å². The van der Waals surface area contributed by atoms with Gasteiger partial charge in [-0.3, -0.25) is 0 Å². The van der Waals surface area contributed by atoms with Crippen molar-refractivity contribution in [2.45, 2.75) is 19.4 Å². The van der Waals surface area contributed by atoms with Gasteiger partial charge in [-0.05, 0) is 36.6 Å². The highest BCUT2D eigenvalue weighted by atomic mass is 15.2. The topological polar surface area (TPSA) is 3.24 Å². The highest BCUT2D eigenvalue weighted by molar-refractivity contribution is 5.51. The predicted molar refractivity (Wildman–Crippen MR) is 72.3 cm³/mol. The number of hydrogen-bond acceptors (Lipinski definition) is 1. The van der Waals surface area contributed by atoms with Crippen molar-refractivity contribution >= 4 is 5.69 Å². The summed E-state index contributed by atoms with van der Waals surface area (Å²) in [5, 5.41) is 0. The summed E-state index contributed by atoms with van der Waals surface area (Å²) in [5.41, 5.74) is 4.31. The number of benzene rings is 2. The molecule has 1 aliphatic rings. The summed E-state index contributed by atoms with van der Waals surface area (Å²) in [6.45, 7) is 3.41. The molecule has 2 aromatic carbocycles. The van der Waals surface area contributed by atoms with Gasteiger partial charge in [-0.25, -0.2) is 0 Å². The van der Waals surface area contributed by atoms with E-state index < -0.39 is 0 Å². The molecule has 1 nitrogen and oxygen atoms in total. The predicted octanol–water partition coefficient (Wildman–Crippen LogP) is 3.81. The maximum Gasteiger partial charge on any atom is 0.0517 e. The zero-order valence-corrected chi connectivity index (χ0v) is 10.1. The van der Waals surface area contributed by atoms with E-state index in [1.807, 2.05) is 0 Å². The molecule has 2 aromatic rings. The van der Waals surface area contributed by atoms with Crippen LogP contribution in [-0.2, 0) is 6.42 Å². The molecular formula is C16H17N. The average Bonchev–Trinajstić information content (AvgIpc) is 2.40. The monoisotopic (exact) mass is 223 g/mol. The molecule has 0 radical (unpaired) electrons. The van der Waals surface area contributed by atoms with Crippen LogP contribution in [0.15, 0.2) is 54.6 Å². The van der Waals surface area contributed by atoms with E-state index in [4.69, 9.17) is 0 Å². The molecule has 0 spiro atoms. The van der Waals surface area contributed by atoms with E-state index in [2.05, 4.69) is 66.4 Å². The highest BCUT2D eigenvalue weighted by Gasteiger charge is 2.23. The van der Waals surface area contributed by atoms with Gasteiger partial charge in [-0.2, -0.15) is 0 Å². The first-order chi connectivity index (χ1) is 8.36. The molecule has 0 fully saturated rings. The lowest BCUT2D eigenvalue weighted by atomic mass is 9.93. The van der Waals surface area contributed by atoms with Crippen LogP contribution in [0.2, 0.25) is 0 Å². The van der Waals surface area contributed by atoms with Gasteiger partial charge < -0.3 is 4.90 Å². The summed E-state index contributed by atoms with van der Waals surface area (Å²) in [5.74, 6) is 0. The van der Waals surface area contributed by atoms with Gasteiger partial charge in [0.25, 0.3) is 0 Å². The molecule has 86 valence electrons. The van der Waals surface area contributed by atoms with Crippen LogP contribution < -0.4 is 4.90 Å². The van der Waals surface area contributed by atoms with Gasteiger partial charge in [0.15, 0.2) is 0 Å². The Balaban J connectivity index is 1.97. The second kappa shape index (κ2) is 4.25. The normalized spacial score (nSPS) is 18.9. The van der Waals surface area contributed by atoms with Crippen molar-refractivity contribution in [2.24, 2.45) is 0 Å². The molecule has 1 atom stereocenters. The van der Waals surface area contributed by atoms with Crippen LogP contribution in [0.3, 0.4) is 0 Å². The van der Waals surface area contributed by atoms with Crippen LogP contribution in [-0.4, -0.2) is 6.54 Å². The summed E-state index contributed by atoms with van der Waals surface area (Å²) in [6, 6.07) is 20.0. The summed E-state index contributed by atoms with van der Waals surface area (Å²) in [6.07, 6.45) is 1.15. The number of hydrogen-bond donors (Lipinski definition) is 0. The van der Waals surface area contributed by atoms with Crippen molar-refractivity contribution in [3.05, 3.63) is 65.7 Å². The fourth-order valence-electron chi connectivity index (χ4n) is 2.74. The van der Waals surface area contributed by atoms with E-state index in [0.29, 0.717) is 6.04 Å². The van der Waals surface area contributed by atoms with E-state index in [0.717, 1.165) is 13.0 Å². The van der Waals surface area contributed by atoms with Crippen molar-refractivity contribution in [1.82, 2.24) is 0 Å². The molecule has 3 rings (SSSR count). The summed E-state index contributed by atoms with van der Waals surface area (Å²) in [4.78, 5) is 2.49. The number of para-hydroxylation sites is 1. The Bertz CT molecular complexity index is 504. The van der Waals surface area contributed by atoms with Gasteiger partial charge in [-0.15, -0.1) is 0 Å². The standard InChI is InChI=1S/C16H17N/c1-13-16-10-6-5-7-14(16)11-12-17(13)15-8-3-2-4-9-15/h2-10,13H,11-12H2,1H3/t13-/m0/s1. The number of anilines is 1. The summed E-state index contributed by atoms with van der Waals surface area (Å²) >= 11 is 0. The van der Waals surface area contributed by atoms with Crippen molar-refractivity contribution in [2.75, 3.05) is 11.4 Å². The molecule has 17 heavy (non-hydrogen) atoms. The van der Waals surface area contributed by atoms with Crippen molar-refractivity contribution in [1.29, 1.82) is 0 Å². The van der Waals surface area contributed by atoms with Crippen LogP contribution in [0.4, 0.5) is 5.69 Å². The molecule has 0 aromatic heterocycles. The Labute approximate surface area is 103 Å². The lowest BCUT2D eigenvalue weighted by Gasteiger charge is -2.37. The molecule has 0 bridgehead atoms. The molecule has 1 heterocycles. The molecule has 1 aliphatic heterocycles. The fraction of sp³-hybridized carbons (Fsp3) is 0.250. The van der Waals surface area contributed by atoms with Gasteiger partial charge >= 0.3 is 0 Å². The van der Waals surface area contributed by atoms with E-state index >= 15 is 0 Å². The SMILES string of the molecule is C[C@H]1c2ccccc2CCN1c1ccccc1. The minimum absolute atomic E-state index is 0.474. The number of fused-ring (bicyclic) bond motifs is 1. The molecule has 0 N–H and O–H groups in total. The van der Waals surface area contributed by atoms with E-state index in [1.165, 1.54) is 16.8 Å². The molecule has 1 heteroatoms. The third-order valence-corrected chi connectivity index (χ3v) is 3.68. The van der Waals surface area contributed by atoms with Crippen LogP contribution in [0.1, 0.15) is 24.1 Å². The smallest absolute Gasteiger partial charge is 0.0517 e. The summed E-state index contributed by atoms with van der Waals surface area (Å²) in [7, 11) is 0. The largest absolute Gasteiger partial charge is 0.364 e. The molecular weight excluding hydrogens is 206 g/mol. The first-order valence-electron chi connectivity index (χ1n) is 6.26. The van der Waals surface area contributed by atoms with Gasteiger partial charge in [-0.1, -0.05) is 42.5 Å². The number of rotatable bonds is 1. The van der Waals surface area contributed by atoms with Crippen molar-refractivity contribution < 1.29 is 0 Å². The Morgan fingerprint density at radius 2 is 1.65 bits per heavy atom. The van der Waals surface area contributed by atoms with Crippen LogP contribution in [0.5, 0.6) is 0 Å². The molecule has 0 aliphatic carbocycles. The van der Waals surface area contributed by atoms with Gasteiger partial charge in [0.2, 0.25) is 0 Å². The molecule has 0 saturated heterocycles. The van der Waals surface area contributed by atoms with Crippen LogP contribution >= 0.6 is 0 Å². The van der Waals surface area contributed by atoms with Gasteiger partial charge in [0.1, 0.15) is 0 Å². The Hall–Kier alpha value is -1.76. The van der Waals surface area contributed by atoms with Crippen LogP contribution in [0.25, 0.3) is 0 Å². The minimum atomic E-state index is 0.474. The third kappa shape index (κ3) is 1.82. The highest BCUT2D eigenvalue weighted by Crippen LogP contribution is 2.32. The third-order valence-electron chi connectivity index (χ3n) is 3.68. The average molecular weight is 223 g/mol. The van der Waals surface area contributed by atoms with E-state index in [-0.39, 0.29) is 0 Å². The van der Waals surface area contributed by atoms with E-state index in [1.54, 1.807) is 0 Å². The first kappa shape index (κ1) is 10.4. The lowest BCUT2D eigenvalue weighted by Crippen LogP contribution is -2.33. The second-order valence-corrected chi connectivity index (χ2v) is 4.65. The Morgan fingerprint density at radius 1 is 0.941 bits per heavy atom. The van der Waals surface area contributed by atoms with Gasteiger partial charge in [0.05, 0.1) is 6.04 Å².